The van der Waals surface area contributed by atoms with E-state index >= 15 is 0 Å². The molecule has 0 aliphatic heterocycles. The predicted octanol–water partition coefficient (Wildman–Crippen LogP) is 5.72. The van der Waals surface area contributed by atoms with Crippen LogP contribution in [0.1, 0.15) is 47.1 Å². The van der Waals surface area contributed by atoms with Gasteiger partial charge >= 0.3 is 0 Å². The summed E-state index contributed by atoms with van der Waals surface area (Å²) in [5.41, 5.74) is 4.33. The summed E-state index contributed by atoms with van der Waals surface area (Å²) in [6.45, 7) is 9.10. The molecule has 160 valence electrons. The highest BCUT2D eigenvalue weighted by atomic mass is 32.1. The van der Waals surface area contributed by atoms with Crippen LogP contribution in [0.3, 0.4) is 0 Å². The van der Waals surface area contributed by atoms with Crippen LogP contribution in [0.4, 0.5) is 9.52 Å². The van der Waals surface area contributed by atoms with E-state index in [2.05, 4.69) is 25.0 Å². The molecule has 0 radical (unpaired) electrons. The highest BCUT2D eigenvalue weighted by Gasteiger charge is 2.23. The van der Waals surface area contributed by atoms with Crippen LogP contribution >= 0.6 is 11.3 Å². The number of hydrogen-bond acceptors (Lipinski definition) is 4. The molecule has 0 spiro atoms. The van der Waals surface area contributed by atoms with E-state index in [1.165, 1.54) is 23.5 Å². The second kappa shape index (κ2) is 8.59. The molecular formula is C24H25FN4OS. The van der Waals surface area contributed by atoms with Gasteiger partial charge in [0.05, 0.1) is 22.5 Å². The van der Waals surface area contributed by atoms with Crippen LogP contribution in [0.15, 0.2) is 48.5 Å². The SMILES string of the molecule is Cc1cc(C)n(CCN(C(=O)c2cccc(F)c2)c2nc3c(C(C)C)cccc3s2)n1. The predicted molar refractivity (Wildman–Crippen MR) is 123 cm³/mol. The molecule has 0 fully saturated rings. The Morgan fingerprint density at radius 3 is 2.61 bits per heavy atom. The van der Waals surface area contributed by atoms with Crippen LogP contribution in [0, 0.1) is 19.7 Å². The Morgan fingerprint density at radius 2 is 1.94 bits per heavy atom. The second-order valence-corrected chi connectivity index (χ2v) is 8.97. The van der Waals surface area contributed by atoms with Gasteiger partial charge in [-0.25, -0.2) is 9.37 Å². The molecule has 0 unspecified atom stereocenters. The van der Waals surface area contributed by atoms with Crippen molar-refractivity contribution >= 4 is 32.6 Å². The zero-order valence-corrected chi connectivity index (χ0v) is 18.9. The van der Waals surface area contributed by atoms with E-state index in [0.717, 1.165) is 27.2 Å². The summed E-state index contributed by atoms with van der Waals surface area (Å²) < 4.78 is 16.7. The fraction of sp³-hybridized carbons (Fsp3) is 0.292. The summed E-state index contributed by atoms with van der Waals surface area (Å²) in [6.07, 6.45) is 0. The van der Waals surface area contributed by atoms with Crippen molar-refractivity contribution in [1.82, 2.24) is 14.8 Å². The van der Waals surface area contributed by atoms with Crippen molar-refractivity contribution in [3.8, 4) is 0 Å². The van der Waals surface area contributed by atoms with Crippen LogP contribution in [0.2, 0.25) is 0 Å². The van der Waals surface area contributed by atoms with Crippen molar-refractivity contribution in [2.75, 3.05) is 11.4 Å². The fourth-order valence-electron chi connectivity index (χ4n) is 3.70. The first-order valence-electron chi connectivity index (χ1n) is 10.3. The van der Waals surface area contributed by atoms with Crippen molar-refractivity contribution in [1.29, 1.82) is 0 Å². The number of aryl methyl sites for hydroxylation is 2. The molecule has 0 aliphatic rings. The maximum Gasteiger partial charge on any atom is 0.260 e. The Balaban J connectivity index is 1.74. The molecule has 2 aromatic heterocycles. The summed E-state index contributed by atoms with van der Waals surface area (Å²) in [6, 6.07) is 13.9. The maximum absolute atomic E-state index is 13.8. The number of hydrogen-bond donors (Lipinski definition) is 0. The molecule has 0 aliphatic carbocycles. The third-order valence-electron chi connectivity index (χ3n) is 5.25. The van der Waals surface area contributed by atoms with E-state index in [-0.39, 0.29) is 5.91 Å². The van der Waals surface area contributed by atoms with E-state index in [0.29, 0.717) is 29.7 Å². The zero-order chi connectivity index (χ0) is 22.1. The lowest BCUT2D eigenvalue weighted by atomic mass is 10.0. The van der Waals surface area contributed by atoms with Crippen LogP contribution in [0.5, 0.6) is 0 Å². The number of thiazole rings is 1. The Bertz CT molecular complexity index is 1240. The number of para-hydroxylation sites is 1. The van der Waals surface area contributed by atoms with Gasteiger partial charge in [-0.3, -0.25) is 14.4 Å². The molecule has 2 heterocycles. The fourth-order valence-corrected chi connectivity index (χ4v) is 4.72. The molecule has 0 atom stereocenters. The third kappa shape index (κ3) is 4.37. The van der Waals surface area contributed by atoms with Crippen molar-refractivity contribution in [3.63, 3.8) is 0 Å². The van der Waals surface area contributed by atoms with Gasteiger partial charge in [0.2, 0.25) is 0 Å². The van der Waals surface area contributed by atoms with Gasteiger partial charge in [-0.2, -0.15) is 5.10 Å². The van der Waals surface area contributed by atoms with Crippen LogP contribution in [-0.2, 0) is 6.54 Å². The number of nitrogens with zero attached hydrogens (tertiary/aromatic N) is 4. The third-order valence-corrected chi connectivity index (χ3v) is 6.29. The van der Waals surface area contributed by atoms with Crippen molar-refractivity contribution < 1.29 is 9.18 Å². The molecule has 4 aromatic rings. The maximum atomic E-state index is 13.8. The molecule has 0 bridgehead atoms. The van der Waals surface area contributed by atoms with E-state index < -0.39 is 5.82 Å². The summed E-state index contributed by atoms with van der Waals surface area (Å²) >= 11 is 1.48. The highest BCUT2D eigenvalue weighted by molar-refractivity contribution is 7.22. The minimum Gasteiger partial charge on any atom is -0.282 e. The molecule has 5 nitrogen and oxygen atoms in total. The molecule has 1 amide bonds. The topological polar surface area (TPSA) is 51.0 Å². The minimum absolute atomic E-state index is 0.272. The van der Waals surface area contributed by atoms with Crippen molar-refractivity contribution in [3.05, 3.63) is 76.9 Å². The number of carbonyl (C=O) groups is 1. The molecule has 0 saturated heterocycles. The Labute approximate surface area is 185 Å². The van der Waals surface area contributed by atoms with Crippen LogP contribution in [-0.4, -0.2) is 27.2 Å². The first-order chi connectivity index (χ1) is 14.8. The minimum atomic E-state index is -0.435. The Morgan fingerprint density at radius 1 is 1.16 bits per heavy atom. The van der Waals surface area contributed by atoms with Gasteiger partial charge in [-0.05, 0) is 55.7 Å². The molecular weight excluding hydrogens is 411 g/mol. The van der Waals surface area contributed by atoms with Gasteiger partial charge in [-0.15, -0.1) is 0 Å². The Kier molecular flexibility index (Phi) is 5.87. The molecule has 0 saturated carbocycles. The quantitative estimate of drug-likeness (QED) is 0.388. The lowest BCUT2D eigenvalue weighted by molar-refractivity contribution is 0.0985. The molecule has 31 heavy (non-hydrogen) atoms. The van der Waals surface area contributed by atoms with Crippen molar-refractivity contribution in [2.24, 2.45) is 0 Å². The van der Waals surface area contributed by atoms with E-state index in [9.17, 15) is 9.18 Å². The van der Waals surface area contributed by atoms with Gasteiger partial charge < -0.3 is 0 Å². The number of carbonyl (C=O) groups excluding carboxylic acids is 1. The lowest BCUT2D eigenvalue weighted by Gasteiger charge is -2.20. The van der Waals surface area contributed by atoms with Crippen molar-refractivity contribution in [2.45, 2.75) is 40.2 Å². The van der Waals surface area contributed by atoms with Gasteiger partial charge in [0.15, 0.2) is 5.13 Å². The lowest BCUT2D eigenvalue weighted by Crippen LogP contribution is -2.34. The van der Waals surface area contributed by atoms with Crippen LogP contribution < -0.4 is 4.90 Å². The van der Waals surface area contributed by atoms with E-state index in [4.69, 9.17) is 4.98 Å². The number of amides is 1. The molecule has 4 rings (SSSR count). The summed E-state index contributed by atoms with van der Waals surface area (Å²) in [5.74, 6) is -0.386. The summed E-state index contributed by atoms with van der Waals surface area (Å²) in [5, 5.41) is 5.11. The van der Waals surface area contributed by atoms with Gasteiger partial charge in [0.25, 0.3) is 5.91 Å². The van der Waals surface area contributed by atoms with Gasteiger partial charge in [0, 0.05) is 17.8 Å². The second-order valence-electron chi connectivity index (χ2n) is 7.96. The first-order valence-corrected chi connectivity index (χ1v) is 11.1. The van der Waals surface area contributed by atoms with Crippen LogP contribution in [0.25, 0.3) is 10.2 Å². The smallest absolute Gasteiger partial charge is 0.260 e. The molecule has 0 N–H and O–H groups in total. The number of aromatic nitrogens is 3. The largest absolute Gasteiger partial charge is 0.282 e. The summed E-state index contributed by atoms with van der Waals surface area (Å²) in [7, 11) is 0. The van der Waals surface area contributed by atoms with Gasteiger partial charge in [-0.1, -0.05) is 43.4 Å². The van der Waals surface area contributed by atoms with E-state index in [1.54, 1.807) is 17.0 Å². The number of fused-ring (bicyclic) bond motifs is 1. The number of anilines is 1. The monoisotopic (exact) mass is 436 g/mol. The molecule has 2 aromatic carbocycles. The standard InChI is InChI=1S/C24H25FN4OS/c1-15(2)20-9-6-10-21-22(20)26-24(31-21)28(11-12-29-17(4)13-16(3)27-29)23(30)18-7-5-8-19(25)14-18/h5-10,13-15H,11-12H2,1-4H3. The average molecular weight is 437 g/mol. The number of benzene rings is 2. The molecule has 7 heteroatoms. The number of halogens is 1. The van der Waals surface area contributed by atoms with E-state index in [1.807, 2.05) is 36.7 Å². The summed E-state index contributed by atoms with van der Waals surface area (Å²) in [4.78, 5) is 19.9. The van der Waals surface area contributed by atoms with Gasteiger partial charge in [0.1, 0.15) is 5.82 Å². The normalized spacial score (nSPS) is 11.4. The first kappa shape index (κ1) is 21.2. The number of rotatable bonds is 6. The zero-order valence-electron chi connectivity index (χ0n) is 18.1. The average Bonchev–Trinajstić information content (AvgIpc) is 3.30. The highest BCUT2D eigenvalue weighted by Crippen LogP contribution is 2.34. The Hall–Kier alpha value is -3.06.